The number of hydrogen-bond acceptors (Lipinski definition) is 5. The summed E-state index contributed by atoms with van der Waals surface area (Å²) in [6, 6.07) is 6.22. The van der Waals surface area contributed by atoms with Gasteiger partial charge in [-0.3, -0.25) is 9.79 Å². The summed E-state index contributed by atoms with van der Waals surface area (Å²) < 4.78 is 80.2. The molecule has 4 rings (SSSR count). The highest BCUT2D eigenvalue weighted by molar-refractivity contribution is 7.92. The number of carbonyl (C=O) groups excluding carboxylic acids is 1. The third-order valence-corrected chi connectivity index (χ3v) is 8.29. The number of hydrogen-bond donors (Lipinski definition) is 2. The minimum atomic E-state index is -4.90. The molecule has 2 aromatic rings. The van der Waals surface area contributed by atoms with E-state index in [4.69, 9.17) is 0 Å². The molecule has 2 N–H and O–H groups in total. The average molecular weight is 539 g/mol. The first kappa shape index (κ1) is 26.8. The Kier molecular flexibility index (Phi) is 6.93. The van der Waals surface area contributed by atoms with E-state index in [1.54, 1.807) is 13.1 Å². The van der Waals surface area contributed by atoms with Crippen molar-refractivity contribution in [3.8, 4) is 0 Å². The first-order valence-corrected chi connectivity index (χ1v) is 13.0. The van der Waals surface area contributed by atoms with E-state index in [9.17, 15) is 30.8 Å². The first-order valence-electron chi connectivity index (χ1n) is 11.5. The summed E-state index contributed by atoms with van der Waals surface area (Å²) in [5.74, 6) is -2.04. The van der Waals surface area contributed by atoms with Gasteiger partial charge in [-0.05, 0) is 79.8 Å². The standard InChI is InChI=1S/C25H26F4N4O3S/c1-15-12-18(30-3)13-16(2)19(15)6-11-37(35,36)33-9-7-24(8-10-33)23(34)31-22(32-24)17-4-5-21(26)20(14-17)25(27,28)29/h4-6,11-14,30H,7-10H2,1-3H3,(H,31,32,34)/b11-6+. The maximum absolute atomic E-state index is 13.7. The van der Waals surface area contributed by atoms with E-state index in [2.05, 4.69) is 15.6 Å². The van der Waals surface area contributed by atoms with E-state index >= 15 is 0 Å². The molecule has 2 heterocycles. The quantitative estimate of drug-likeness (QED) is 0.558. The number of piperidine rings is 1. The molecule has 1 spiro atoms. The lowest BCUT2D eigenvalue weighted by Gasteiger charge is -2.34. The number of alkyl halides is 3. The summed E-state index contributed by atoms with van der Waals surface area (Å²) in [5.41, 5.74) is 0.696. The van der Waals surface area contributed by atoms with Crippen molar-refractivity contribution in [1.29, 1.82) is 0 Å². The molecule has 12 heteroatoms. The van der Waals surface area contributed by atoms with Crippen molar-refractivity contribution in [2.24, 2.45) is 4.99 Å². The monoisotopic (exact) mass is 538 g/mol. The van der Waals surface area contributed by atoms with Crippen LogP contribution in [-0.4, -0.2) is 50.1 Å². The Balaban J connectivity index is 1.51. The van der Waals surface area contributed by atoms with Crippen LogP contribution in [0.5, 0.6) is 0 Å². The molecule has 2 aliphatic heterocycles. The number of benzene rings is 2. The molecule has 0 bridgehead atoms. The number of nitrogens with one attached hydrogen (secondary N) is 2. The zero-order valence-electron chi connectivity index (χ0n) is 20.4. The summed E-state index contributed by atoms with van der Waals surface area (Å²) in [7, 11) is -2.00. The number of halogens is 4. The van der Waals surface area contributed by atoms with Gasteiger partial charge in [-0.2, -0.15) is 17.5 Å². The van der Waals surface area contributed by atoms with Crippen molar-refractivity contribution in [2.45, 2.75) is 38.4 Å². The summed E-state index contributed by atoms with van der Waals surface area (Å²) in [5, 5.41) is 6.68. The Morgan fingerprint density at radius 3 is 2.30 bits per heavy atom. The highest BCUT2D eigenvalue weighted by Crippen LogP contribution is 2.35. The second-order valence-corrected chi connectivity index (χ2v) is 11.0. The number of rotatable bonds is 5. The molecule has 0 aliphatic carbocycles. The highest BCUT2D eigenvalue weighted by atomic mass is 32.2. The zero-order valence-corrected chi connectivity index (χ0v) is 21.2. The second kappa shape index (κ2) is 9.56. The van der Waals surface area contributed by atoms with E-state index in [1.807, 2.05) is 26.0 Å². The second-order valence-electron chi connectivity index (χ2n) is 9.16. The van der Waals surface area contributed by atoms with Crippen molar-refractivity contribution in [3.05, 3.63) is 69.4 Å². The summed E-state index contributed by atoms with van der Waals surface area (Å²) in [6.07, 6.45) is -3.25. The molecule has 37 heavy (non-hydrogen) atoms. The minimum absolute atomic E-state index is 0.00471. The van der Waals surface area contributed by atoms with Crippen LogP contribution in [-0.2, 0) is 21.0 Å². The Bertz CT molecular complexity index is 1390. The Hall–Kier alpha value is -3.25. The molecule has 198 valence electrons. The van der Waals surface area contributed by atoms with Crippen LogP contribution in [0.3, 0.4) is 0 Å². The molecular weight excluding hydrogens is 512 g/mol. The van der Waals surface area contributed by atoms with Gasteiger partial charge in [-0.15, -0.1) is 0 Å². The molecule has 0 aromatic heterocycles. The van der Waals surface area contributed by atoms with Gasteiger partial charge in [0.1, 0.15) is 17.2 Å². The van der Waals surface area contributed by atoms with Gasteiger partial charge in [0, 0.05) is 36.8 Å². The lowest BCUT2D eigenvalue weighted by atomic mass is 9.89. The number of aliphatic imine (C=N–C) groups is 1. The van der Waals surface area contributed by atoms with Crippen LogP contribution in [0, 0.1) is 19.7 Å². The van der Waals surface area contributed by atoms with Crippen molar-refractivity contribution >= 4 is 33.5 Å². The number of amides is 1. The minimum Gasteiger partial charge on any atom is -0.388 e. The van der Waals surface area contributed by atoms with Crippen LogP contribution >= 0.6 is 0 Å². The van der Waals surface area contributed by atoms with Crippen molar-refractivity contribution in [3.63, 3.8) is 0 Å². The molecule has 1 amide bonds. The van der Waals surface area contributed by atoms with Gasteiger partial charge in [0.15, 0.2) is 0 Å². The fourth-order valence-electron chi connectivity index (χ4n) is 4.61. The Labute approximate surface area is 212 Å². The third kappa shape index (κ3) is 5.26. The number of amidine groups is 1. The smallest absolute Gasteiger partial charge is 0.388 e. The maximum atomic E-state index is 13.7. The van der Waals surface area contributed by atoms with Crippen LogP contribution in [0.2, 0.25) is 0 Å². The van der Waals surface area contributed by atoms with Crippen molar-refractivity contribution in [1.82, 2.24) is 9.62 Å². The van der Waals surface area contributed by atoms with Gasteiger partial charge in [0.05, 0.1) is 5.56 Å². The molecule has 2 aromatic carbocycles. The molecule has 0 unspecified atom stereocenters. The predicted molar refractivity (Wildman–Crippen MR) is 133 cm³/mol. The maximum Gasteiger partial charge on any atom is 0.419 e. The van der Waals surface area contributed by atoms with Gasteiger partial charge < -0.3 is 10.6 Å². The molecule has 7 nitrogen and oxygen atoms in total. The van der Waals surface area contributed by atoms with Gasteiger partial charge in [0.25, 0.3) is 5.91 Å². The predicted octanol–water partition coefficient (Wildman–Crippen LogP) is 4.21. The van der Waals surface area contributed by atoms with Crippen LogP contribution in [0.1, 0.15) is 40.7 Å². The van der Waals surface area contributed by atoms with Crippen LogP contribution in [0.4, 0.5) is 23.2 Å². The van der Waals surface area contributed by atoms with Gasteiger partial charge in [0.2, 0.25) is 10.0 Å². The highest BCUT2D eigenvalue weighted by Gasteiger charge is 2.47. The summed E-state index contributed by atoms with van der Waals surface area (Å²) in [4.78, 5) is 17.1. The van der Waals surface area contributed by atoms with Crippen molar-refractivity contribution < 1.29 is 30.8 Å². The van der Waals surface area contributed by atoms with Gasteiger partial charge in [-0.1, -0.05) is 0 Å². The number of aryl methyl sites for hydroxylation is 2. The van der Waals surface area contributed by atoms with E-state index in [-0.39, 0.29) is 37.3 Å². The SMILES string of the molecule is CNc1cc(C)c(/C=C/S(=O)(=O)N2CCC3(CC2)N=C(c2ccc(F)c(C(F)(F)F)c2)NC3=O)c(C)c1. The summed E-state index contributed by atoms with van der Waals surface area (Å²) in [6.45, 7) is 3.78. The summed E-state index contributed by atoms with van der Waals surface area (Å²) >= 11 is 0. The topological polar surface area (TPSA) is 90.9 Å². The lowest BCUT2D eigenvalue weighted by molar-refractivity contribution is -0.140. The number of nitrogens with zero attached hydrogens (tertiary/aromatic N) is 2. The van der Waals surface area contributed by atoms with E-state index in [0.717, 1.165) is 33.9 Å². The van der Waals surface area contributed by atoms with Gasteiger partial charge in [-0.25, -0.2) is 12.8 Å². The molecule has 2 aliphatic rings. The number of anilines is 1. The fraction of sp³-hybridized carbons (Fsp3) is 0.360. The van der Waals surface area contributed by atoms with Gasteiger partial charge >= 0.3 is 6.18 Å². The molecule has 0 radical (unpaired) electrons. The number of sulfonamides is 1. The molecular formula is C25H26F4N4O3S. The normalized spacial score (nSPS) is 18.4. The van der Waals surface area contributed by atoms with E-state index < -0.39 is 39.0 Å². The van der Waals surface area contributed by atoms with Crippen molar-refractivity contribution in [2.75, 3.05) is 25.5 Å². The van der Waals surface area contributed by atoms with E-state index in [0.29, 0.717) is 12.1 Å². The Morgan fingerprint density at radius 1 is 1.11 bits per heavy atom. The number of carbonyl (C=O) groups is 1. The average Bonchev–Trinajstić information content (AvgIpc) is 3.13. The fourth-order valence-corrected chi connectivity index (χ4v) is 5.79. The zero-order chi connectivity index (χ0) is 27.2. The molecule has 0 atom stereocenters. The van der Waals surface area contributed by atoms with Crippen LogP contribution < -0.4 is 10.6 Å². The molecule has 1 saturated heterocycles. The third-order valence-electron chi connectivity index (χ3n) is 6.72. The molecule has 0 saturated carbocycles. The van der Waals surface area contributed by atoms with E-state index in [1.165, 1.54) is 4.31 Å². The largest absolute Gasteiger partial charge is 0.419 e. The molecule has 1 fully saturated rings. The first-order chi connectivity index (χ1) is 17.3. The van der Waals surface area contributed by atoms with Crippen LogP contribution in [0.25, 0.3) is 6.08 Å². The lowest BCUT2D eigenvalue weighted by Crippen LogP contribution is -2.50. The Morgan fingerprint density at radius 2 is 1.73 bits per heavy atom. The van der Waals surface area contributed by atoms with Crippen LogP contribution in [0.15, 0.2) is 40.7 Å².